The van der Waals surface area contributed by atoms with Gasteiger partial charge in [-0.25, -0.2) is 29.9 Å². The molecule has 2 aliphatic rings. The van der Waals surface area contributed by atoms with Crippen LogP contribution in [0.4, 0.5) is 0 Å². The lowest BCUT2D eigenvalue weighted by molar-refractivity contribution is 0.299. The molecule has 113 heavy (non-hydrogen) atoms. The molecule has 18 aromatic rings. The van der Waals surface area contributed by atoms with E-state index in [1.165, 1.54) is 100 Å². The maximum absolute atomic E-state index is 6.27. The van der Waals surface area contributed by atoms with Crippen LogP contribution in [0.2, 0.25) is 0 Å². The van der Waals surface area contributed by atoms with E-state index in [2.05, 4.69) is 316 Å². The van der Waals surface area contributed by atoms with Crippen LogP contribution in [0.3, 0.4) is 0 Å². The molecule has 3 aromatic heterocycles. The molecule has 7 heteroatoms. The third kappa shape index (κ3) is 12.3. The van der Waals surface area contributed by atoms with Gasteiger partial charge >= 0.3 is 0 Å². The second kappa shape index (κ2) is 27.7. The number of fused-ring (bicyclic) bond motifs is 10. The van der Waals surface area contributed by atoms with Crippen LogP contribution < -0.4 is 0 Å². The summed E-state index contributed by atoms with van der Waals surface area (Å²) >= 11 is 0. The summed E-state index contributed by atoms with van der Waals surface area (Å²) in [5.41, 5.74) is 29.4. The zero-order valence-corrected chi connectivity index (χ0v) is 64.6. The number of para-hydroxylation sites is 1. The van der Waals surface area contributed by atoms with Crippen LogP contribution >= 0.6 is 0 Å². The fourth-order valence-electron chi connectivity index (χ4n) is 17.1. The predicted molar refractivity (Wildman–Crippen MR) is 467 cm³/mol. The first-order chi connectivity index (χ1) is 55.0. The number of hydrogen-bond acceptors (Lipinski definition) is 7. The minimum atomic E-state index is -0.190. The lowest BCUT2D eigenvalue weighted by Gasteiger charge is -2.48. The summed E-state index contributed by atoms with van der Waals surface area (Å²) < 4.78 is 6.27. The van der Waals surface area contributed by atoms with E-state index < -0.39 is 0 Å². The van der Waals surface area contributed by atoms with Gasteiger partial charge in [-0.05, 0) is 187 Å². The summed E-state index contributed by atoms with van der Waals surface area (Å²) in [6.07, 6.45) is 0. The molecule has 3 heterocycles. The lowest BCUT2D eigenvalue weighted by Crippen LogP contribution is -2.43. The molecular formula is C106H82N6O. The van der Waals surface area contributed by atoms with Crippen molar-refractivity contribution < 1.29 is 4.42 Å². The Kier molecular flexibility index (Phi) is 17.1. The third-order valence-corrected chi connectivity index (χ3v) is 24.8. The van der Waals surface area contributed by atoms with Gasteiger partial charge in [0.05, 0.1) is 0 Å². The maximum atomic E-state index is 6.27. The van der Waals surface area contributed by atoms with E-state index in [1.54, 1.807) is 0 Å². The monoisotopic (exact) mass is 1450 g/mol. The van der Waals surface area contributed by atoms with Gasteiger partial charge in [0.1, 0.15) is 11.2 Å². The number of aromatic nitrogens is 6. The molecule has 0 atom stereocenters. The van der Waals surface area contributed by atoms with Crippen molar-refractivity contribution in [1.29, 1.82) is 0 Å². The van der Waals surface area contributed by atoms with Crippen LogP contribution in [-0.4, -0.2) is 29.9 Å². The van der Waals surface area contributed by atoms with Crippen LogP contribution in [0.1, 0.15) is 77.6 Å². The highest BCUT2D eigenvalue weighted by molar-refractivity contribution is 6.06. The van der Waals surface area contributed by atoms with Gasteiger partial charge in [0.25, 0.3) is 0 Å². The van der Waals surface area contributed by atoms with E-state index in [1.807, 2.05) is 91.0 Å². The summed E-state index contributed by atoms with van der Waals surface area (Å²) in [7, 11) is 0. The Morgan fingerprint density at radius 1 is 0.168 bits per heavy atom. The molecule has 7 nitrogen and oxygen atoms in total. The molecule has 0 saturated carbocycles. The summed E-state index contributed by atoms with van der Waals surface area (Å²) in [5, 5.41) is 4.44. The van der Waals surface area contributed by atoms with Gasteiger partial charge in [-0.1, -0.05) is 353 Å². The Balaban J connectivity index is 0.000000152. The van der Waals surface area contributed by atoms with Gasteiger partial charge < -0.3 is 4.42 Å². The van der Waals surface area contributed by atoms with Crippen molar-refractivity contribution in [1.82, 2.24) is 29.9 Å². The van der Waals surface area contributed by atoms with Crippen molar-refractivity contribution in [3.8, 4) is 146 Å². The Morgan fingerprint density at radius 3 is 0.956 bits per heavy atom. The molecule has 0 aliphatic heterocycles. The van der Waals surface area contributed by atoms with Crippen molar-refractivity contribution in [2.45, 2.75) is 77.0 Å². The van der Waals surface area contributed by atoms with Crippen molar-refractivity contribution in [3.05, 3.63) is 374 Å². The Bertz CT molecular complexity index is 6660. The van der Waals surface area contributed by atoms with Crippen molar-refractivity contribution in [3.63, 3.8) is 0 Å². The van der Waals surface area contributed by atoms with E-state index in [9.17, 15) is 0 Å². The van der Waals surface area contributed by atoms with Gasteiger partial charge in [0, 0.05) is 44.2 Å². The second-order valence-electron chi connectivity index (χ2n) is 32.2. The summed E-state index contributed by atoms with van der Waals surface area (Å²) in [5.74, 6) is 3.85. The molecule has 0 fully saturated rings. The predicted octanol–water partition coefficient (Wildman–Crippen LogP) is 27.6. The molecule has 20 rings (SSSR count). The highest BCUT2D eigenvalue weighted by Crippen LogP contribution is 2.57. The van der Waals surface area contributed by atoms with E-state index in [-0.39, 0.29) is 21.7 Å². The lowest BCUT2D eigenvalue weighted by atomic mass is 9.55. The van der Waals surface area contributed by atoms with E-state index in [0.717, 1.165) is 66.1 Å². The summed E-state index contributed by atoms with van der Waals surface area (Å²) in [4.78, 5) is 30.4. The Morgan fingerprint density at radius 2 is 0.478 bits per heavy atom. The average molecular weight is 1460 g/mol. The van der Waals surface area contributed by atoms with E-state index in [4.69, 9.17) is 34.3 Å². The molecule has 0 saturated heterocycles. The Hall–Kier alpha value is -13.6. The minimum Gasteiger partial charge on any atom is -0.456 e. The third-order valence-electron chi connectivity index (χ3n) is 24.8. The molecule has 0 bridgehead atoms. The van der Waals surface area contributed by atoms with Crippen LogP contribution in [0, 0.1) is 0 Å². The summed E-state index contributed by atoms with van der Waals surface area (Å²) in [6.45, 7) is 19.1. The smallest absolute Gasteiger partial charge is 0.164 e. The number of furan rings is 1. The van der Waals surface area contributed by atoms with Crippen LogP contribution in [0.15, 0.2) is 356 Å². The van der Waals surface area contributed by atoms with Crippen LogP contribution in [0.5, 0.6) is 0 Å². The average Bonchev–Trinajstić information content (AvgIpc) is 1.24. The van der Waals surface area contributed by atoms with Gasteiger partial charge in [-0.15, -0.1) is 0 Å². The standard InChI is InChI=1S/C55H43N3.C51H39N3O/c1-54(2)49-32-30-41(40-24-14-23-39(33-40)36-17-8-5-9-18-36)34-48(49)46-31-29-42(35-50(46)55(54,3)4)43-25-15-27-45-44(43)26-16-28-47(45)53-57-51(37-19-10-6-11-20-37)56-52(58-53)38-21-12-7-13-22-38;1-50(2)43-27-24-36(35-19-13-18-34(28-35)32-14-7-5-8-15-32)29-42(43)39-25-22-37(30-44(39)51(50,3)4)48-52-47(33-16-9-6-10-17-33)53-49(54-48)38-23-26-41-40-20-11-12-21-45(40)55-46(41)31-38/h5-35H,1-4H3;5-31H,1-4H3. The fourth-order valence-corrected chi connectivity index (χ4v) is 17.1. The molecule has 542 valence electrons. The number of hydrogen-bond donors (Lipinski definition) is 0. The van der Waals surface area contributed by atoms with Gasteiger partial charge in [-0.3, -0.25) is 0 Å². The van der Waals surface area contributed by atoms with Crippen molar-refractivity contribution in [2.75, 3.05) is 0 Å². The molecule has 0 unspecified atom stereocenters. The fraction of sp³-hybridized carbons (Fsp3) is 0.113. The molecule has 0 spiro atoms. The zero-order valence-electron chi connectivity index (χ0n) is 64.6. The maximum Gasteiger partial charge on any atom is 0.164 e. The second-order valence-corrected chi connectivity index (χ2v) is 32.2. The Labute approximate surface area is 660 Å². The van der Waals surface area contributed by atoms with Crippen LogP contribution in [0.25, 0.3) is 179 Å². The first-order valence-corrected chi connectivity index (χ1v) is 39.0. The molecule has 0 radical (unpaired) electrons. The molecule has 0 amide bonds. The largest absolute Gasteiger partial charge is 0.456 e. The topological polar surface area (TPSA) is 90.5 Å². The van der Waals surface area contributed by atoms with Crippen molar-refractivity contribution >= 4 is 32.7 Å². The van der Waals surface area contributed by atoms with Crippen LogP contribution in [-0.2, 0) is 21.7 Å². The number of rotatable bonds is 11. The highest BCUT2D eigenvalue weighted by Gasteiger charge is 2.48. The highest BCUT2D eigenvalue weighted by atomic mass is 16.3. The SMILES string of the molecule is CC1(C)c2ccc(-c3cccc(-c4ccccc4)c3)cc2-c2ccc(-c3cccc4c(-c5nc(-c6ccccc6)nc(-c6ccccc6)n5)cccc34)cc2C1(C)C.CC1(C)c2ccc(-c3cccc(-c4ccccc4)c3)cc2-c2ccc(-c3nc(-c4ccccc4)nc(-c4ccc5c(c4)oc4ccccc45)n3)cc2C1(C)C. The van der Waals surface area contributed by atoms with Gasteiger partial charge in [-0.2, -0.15) is 0 Å². The number of nitrogens with zero attached hydrogens (tertiary/aromatic N) is 6. The molecule has 0 N–H and O–H groups in total. The van der Waals surface area contributed by atoms with Gasteiger partial charge in [0.15, 0.2) is 34.9 Å². The summed E-state index contributed by atoms with van der Waals surface area (Å²) in [6, 6.07) is 125. The molecule has 15 aromatic carbocycles. The van der Waals surface area contributed by atoms with Crippen molar-refractivity contribution in [2.24, 2.45) is 0 Å². The van der Waals surface area contributed by atoms with E-state index >= 15 is 0 Å². The van der Waals surface area contributed by atoms with Gasteiger partial charge in [0.2, 0.25) is 0 Å². The van der Waals surface area contributed by atoms with E-state index in [0.29, 0.717) is 34.9 Å². The first kappa shape index (κ1) is 69.8. The normalized spacial score (nSPS) is 13.9. The first-order valence-electron chi connectivity index (χ1n) is 39.0. The molecule has 2 aliphatic carbocycles. The quantitative estimate of drug-likeness (QED) is 0.127. The minimum absolute atomic E-state index is 0.115. The molecular weight excluding hydrogens is 1370 g/mol. The zero-order chi connectivity index (χ0) is 76.7. The number of benzene rings is 15.